The Hall–Kier alpha value is -2.03. The van der Waals surface area contributed by atoms with Gasteiger partial charge in [0.1, 0.15) is 24.4 Å². The molecule has 2 fully saturated rings. The van der Waals surface area contributed by atoms with Crippen molar-refractivity contribution in [3.8, 4) is 0 Å². The van der Waals surface area contributed by atoms with E-state index in [2.05, 4.69) is 17.4 Å². The Morgan fingerprint density at radius 2 is 2.00 bits per heavy atom. The maximum absolute atomic E-state index is 11.7. The lowest BCUT2D eigenvalue weighted by atomic mass is 9.95. The average Bonchev–Trinajstić information content (AvgIpc) is 2.68. The number of ether oxygens (including phenoxy) is 4. The number of rotatable bonds is 4. The predicted molar refractivity (Wildman–Crippen MR) is 106 cm³/mol. The van der Waals surface area contributed by atoms with Crippen molar-refractivity contribution in [1.82, 2.24) is 5.32 Å². The number of carbonyl (C=O) groups is 1. The highest BCUT2D eigenvalue weighted by Crippen LogP contribution is 2.33. The minimum atomic E-state index is -0.984. The van der Waals surface area contributed by atoms with Gasteiger partial charge in [-0.15, -0.1) is 0 Å². The summed E-state index contributed by atoms with van der Waals surface area (Å²) in [7, 11) is 0. The van der Waals surface area contributed by atoms with Crippen molar-refractivity contribution in [1.29, 1.82) is 0 Å². The van der Waals surface area contributed by atoms with Crippen LogP contribution in [0.5, 0.6) is 0 Å². The van der Waals surface area contributed by atoms with Crippen LogP contribution in [0.3, 0.4) is 0 Å². The molecular weight excluding hydrogens is 374 g/mol. The van der Waals surface area contributed by atoms with Crippen LogP contribution in [-0.2, 0) is 30.3 Å². The van der Waals surface area contributed by atoms with Gasteiger partial charge in [-0.2, -0.15) is 0 Å². The number of aliphatic hydroxyl groups excluding tert-OH is 1. The summed E-state index contributed by atoms with van der Waals surface area (Å²) in [6.07, 6.45) is -2.90. The number of aliphatic hydroxyl groups is 1. The molecule has 2 aliphatic rings. The van der Waals surface area contributed by atoms with Gasteiger partial charge in [0.2, 0.25) is 5.91 Å². The zero-order valence-corrected chi connectivity index (χ0v) is 16.8. The number of nitrogens with one attached hydrogen (secondary N) is 1. The topological polar surface area (TPSA) is 86.3 Å². The summed E-state index contributed by atoms with van der Waals surface area (Å²) in [6, 6.07) is 13.4. The van der Waals surface area contributed by atoms with Gasteiger partial charge < -0.3 is 29.4 Å². The van der Waals surface area contributed by atoms with E-state index in [4.69, 9.17) is 18.9 Å². The summed E-state index contributed by atoms with van der Waals surface area (Å²) in [5.74, 6) is -1.10. The van der Waals surface area contributed by atoms with E-state index in [9.17, 15) is 9.90 Å². The molecule has 2 aromatic rings. The van der Waals surface area contributed by atoms with E-state index in [0.29, 0.717) is 0 Å². The first-order valence-corrected chi connectivity index (χ1v) is 9.84. The molecule has 5 atom stereocenters. The highest BCUT2D eigenvalue weighted by molar-refractivity contribution is 5.82. The van der Waals surface area contributed by atoms with Crippen molar-refractivity contribution < 1.29 is 28.8 Å². The van der Waals surface area contributed by atoms with E-state index in [1.54, 1.807) is 13.8 Å². The largest absolute Gasteiger partial charge is 0.388 e. The van der Waals surface area contributed by atoms with Crippen molar-refractivity contribution in [2.75, 3.05) is 6.61 Å². The molecule has 4 rings (SSSR count). The maximum Gasteiger partial charge on any atom is 0.217 e. The van der Waals surface area contributed by atoms with Crippen LogP contribution in [0.2, 0.25) is 0 Å². The minimum absolute atomic E-state index is 0.275. The van der Waals surface area contributed by atoms with Gasteiger partial charge in [0, 0.05) is 6.92 Å². The maximum atomic E-state index is 11.7. The van der Waals surface area contributed by atoms with E-state index in [0.717, 1.165) is 16.3 Å². The fourth-order valence-electron chi connectivity index (χ4n) is 3.88. The molecule has 0 saturated carbocycles. The smallest absolute Gasteiger partial charge is 0.217 e. The molecule has 2 saturated heterocycles. The first-order chi connectivity index (χ1) is 13.8. The molecule has 2 heterocycles. The molecule has 2 aromatic carbocycles. The molecule has 7 nitrogen and oxygen atoms in total. The Bertz CT molecular complexity index is 884. The zero-order valence-electron chi connectivity index (χ0n) is 16.8. The SMILES string of the molecule is CC(=O)N[C@@H]1[C@@H](OCc2ccc3ccccc3c2)O[C@@H]2COC(C)(C)O[C@@H]2[C@H]1O. The van der Waals surface area contributed by atoms with E-state index >= 15 is 0 Å². The second-order valence-corrected chi connectivity index (χ2v) is 8.05. The number of carbonyl (C=O) groups excluding carboxylic acids is 1. The molecule has 2 N–H and O–H groups in total. The summed E-state index contributed by atoms with van der Waals surface area (Å²) in [6.45, 7) is 5.52. The fraction of sp³-hybridized carbons (Fsp3) is 0.500. The van der Waals surface area contributed by atoms with Crippen LogP contribution in [0, 0.1) is 0 Å². The van der Waals surface area contributed by atoms with Gasteiger partial charge >= 0.3 is 0 Å². The van der Waals surface area contributed by atoms with E-state index in [-0.39, 0.29) is 19.1 Å². The molecule has 0 unspecified atom stereocenters. The fourth-order valence-corrected chi connectivity index (χ4v) is 3.88. The second kappa shape index (κ2) is 8.01. The van der Waals surface area contributed by atoms with Crippen LogP contribution in [0.25, 0.3) is 10.8 Å². The normalized spacial score (nSPS) is 31.2. The van der Waals surface area contributed by atoms with Crippen LogP contribution in [0.1, 0.15) is 26.3 Å². The molecule has 156 valence electrons. The molecule has 29 heavy (non-hydrogen) atoms. The third-order valence-corrected chi connectivity index (χ3v) is 5.29. The number of hydrogen-bond acceptors (Lipinski definition) is 6. The first kappa shape index (κ1) is 20.3. The molecule has 0 spiro atoms. The van der Waals surface area contributed by atoms with E-state index in [1.165, 1.54) is 6.92 Å². The Labute approximate surface area is 169 Å². The highest BCUT2D eigenvalue weighted by atomic mass is 16.8. The Kier molecular flexibility index (Phi) is 5.59. The van der Waals surface area contributed by atoms with Gasteiger partial charge in [-0.3, -0.25) is 4.79 Å². The van der Waals surface area contributed by atoms with E-state index < -0.39 is 36.4 Å². The molecule has 0 aliphatic carbocycles. The van der Waals surface area contributed by atoms with Gasteiger partial charge in [-0.05, 0) is 36.2 Å². The van der Waals surface area contributed by atoms with Crippen LogP contribution >= 0.6 is 0 Å². The third kappa shape index (κ3) is 4.44. The summed E-state index contributed by atoms with van der Waals surface area (Å²) in [5.41, 5.74) is 0.975. The Balaban J connectivity index is 1.50. The molecule has 1 amide bonds. The average molecular weight is 401 g/mol. The molecule has 0 aromatic heterocycles. The van der Waals surface area contributed by atoms with Crippen molar-refractivity contribution in [3.05, 3.63) is 48.0 Å². The summed E-state index contributed by atoms with van der Waals surface area (Å²) in [5, 5.41) is 15.9. The van der Waals surface area contributed by atoms with Gasteiger partial charge in [-0.25, -0.2) is 0 Å². The van der Waals surface area contributed by atoms with Crippen LogP contribution in [0.15, 0.2) is 42.5 Å². The number of amides is 1. The van der Waals surface area contributed by atoms with Crippen LogP contribution < -0.4 is 5.32 Å². The third-order valence-electron chi connectivity index (χ3n) is 5.29. The standard InChI is InChI=1S/C22H27NO6/c1-13(24)23-18-19(25)20-17(12-27-22(2,3)29-20)28-21(18)26-11-14-8-9-15-6-4-5-7-16(15)10-14/h4-10,17-21,25H,11-12H2,1-3H3,(H,23,24)/t17-,18+,19+,20+,21+/m1/s1. The molecule has 0 bridgehead atoms. The molecule has 7 heteroatoms. The predicted octanol–water partition coefficient (Wildman–Crippen LogP) is 2.10. The lowest BCUT2D eigenvalue weighted by Crippen LogP contribution is -2.68. The van der Waals surface area contributed by atoms with Crippen molar-refractivity contribution in [3.63, 3.8) is 0 Å². The molecular formula is C22H27NO6. The number of hydrogen-bond donors (Lipinski definition) is 2. The van der Waals surface area contributed by atoms with Crippen molar-refractivity contribution >= 4 is 16.7 Å². The van der Waals surface area contributed by atoms with Gasteiger partial charge in [0.25, 0.3) is 0 Å². The number of benzene rings is 2. The quantitative estimate of drug-likeness (QED) is 0.816. The van der Waals surface area contributed by atoms with Gasteiger partial charge in [0.05, 0.1) is 13.2 Å². The zero-order chi connectivity index (χ0) is 20.6. The summed E-state index contributed by atoms with van der Waals surface area (Å²) < 4.78 is 23.5. The highest BCUT2D eigenvalue weighted by Gasteiger charge is 2.51. The van der Waals surface area contributed by atoms with Crippen LogP contribution in [0.4, 0.5) is 0 Å². The first-order valence-electron chi connectivity index (χ1n) is 9.84. The Morgan fingerprint density at radius 3 is 2.76 bits per heavy atom. The van der Waals surface area contributed by atoms with Crippen LogP contribution in [-0.4, -0.2) is 54.1 Å². The van der Waals surface area contributed by atoms with E-state index in [1.807, 2.05) is 30.3 Å². The lowest BCUT2D eigenvalue weighted by molar-refractivity contribution is -0.369. The summed E-state index contributed by atoms with van der Waals surface area (Å²) in [4.78, 5) is 11.7. The van der Waals surface area contributed by atoms with Crippen molar-refractivity contribution in [2.45, 2.75) is 63.8 Å². The Morgan fingerprint density at radius 1 is 1.24 bits per heavy atom. The molecule has 0 radical (unpaired) electrons. The monoisotopic (exact) mass is 401 g/mol. The lowest BCUT2D eigenvalue weighted by Gasteiger charge is -2.49. The number of fused-ring (bicyclic) bond motifs is 2. The van der Waals surface area contributed by atoms with Gasteiger partial charge in [-0.1, -0.05) is 36.4 Å². The molecule has 2 aliphatic heterocycles. The summed E-state index contributed by atoms with van der Waals surface area (Å²) >= 11 is 0. The van der Waals surface area contributed by atoms with Crippen molar-refractivity contribution in [2.24, 2.45) is 0 Å². The van der Waals surface area contributed by atoms with Gasteiger partial charge in [0.15, 0.2) is 12.1 Å². The minimum Gasteiger partial charge on any atom is -0.388 e. The second-order valence-electron chi connectivity index (χ2n) is 8.05.